The first-order valence-electron chi connectivity index (χ1n) is 6.66. The third-order valence-corrected chi connectivity index (χ3v) is 3.66. The van der Waals surface area contributed by atoms with Gasteiger partial charge in [-0.3, -0.25) is 0 Å². The third kappa shape index (κ3) is 2.09. The Morgan fingerprint density at radius 2 is 1.91 bits per heavy atom. The summed E-state index contributed by atoms with van der Waals surface area (Å²) in [5.74, 6) is 0. The molecule has 22 heavy (non-hydrogen) atoms. The SMILES string of the molecule is CCc1nc2c(C#N)cnn2c(-c2ccc(Cl)cc2)c1C#N. The largest absolute Gasteiger partial charge is 0.231 e. The fourth-order valence-corrected chi connectivity index (χ4v) is 2.49. The molecule has 0 amide bonds. The summed E-state index contributed by atoms with van der Waals surface area (Å²) in [6.07, 6.45) is 2.05. The zero-order valence-electron chi connectivity index (χ0n) is 11.7. The summed E-state index contributed by atoms with van der Waals surface area (Å²) in [5.41, 5.74) is 3.39. The molecule has 0 bridgehead atoms. The molecule has 0 aliphatic rings. The monoisotopic (exact) mass is 307 g/mol. The molecule has 0 aliphatic heterocycles. The summed E-state index contributed by atoms with van der Waals surface area (Å²) in [7, 11) is 0. The van der Waals surface area contributed by atoms with Gasteiger partial charge in [0.05, 0.1) is 23.1 Å². The average Bonchev–Trinajstić information content (AvgIpc) is 2.96. The number of nitrogens with zero attached hydrogens (tertiary/aromatic N) is 5. The maximum Gasteiger partial charge on any atom is 0.173 e. The first-order chi connectivity index (χ1) is 10.7. The summed E-state index contributed by atoms with van der Waals surface area (Å²) in [6.45, 7) is 1.92. The van der Waals surface area contributed by atoms with Crippen molar-refractivity contribution in [2.75, 3.05) is 0 Å². The quantitative estimate of drug-likeness (QED) is 0.727. The summed E-state index contributed by atoms with van der Waals surface area (Å²) in [6, 6.07) is 11.4. The van der Waals surface area contributed by atoms with Crippen LogP contribution in [0.3, 0.4) is 0 Å². The summed E-state index contributed by atoms with van der Waals surface area (Å²) < 4.78 is 1.54. The van der Waals surface area contributed by atoms with Crippen LogP contribution in [0.4, 0.5) is 0 Å². The van der Waals surface area contributed by atoms with Gasteiger partial charge in [0.1, 0.15) is 17.7 Å². The van der Waals surface area contributed by atoms with Gasteiger partial charge < -0.3 is 0 Å². The van der Waals surface area contributed by atoms with E-state index >= 15 is 0 Å². The molecule has 106 valence electrons. The van der Waals surface area contributed by atoms with Crippen molar-refractivity contribution in [1.82, 2.24) is 14.6 Å². The van der Waals surface area contributed by atoms with Crippen molar-refractivity contribution in [2.24, 2.45) is 0 Å². The first-order valence-corrected chi connectivity index (χ1v) is 7.04. The van der Waals surface area contributed by atoms with Crippen LogP contribution in [0.25, 0.3) is 16.9 Å². The molecule has 0 N–H and O–H groups in total. The van der Waals surface area contributed by atoms with E-state index in [-0.39, 0.29) is 0 Å². The second-order valence-corrected chi connectivity index (χ2v) is 5.10. The Bertz CT molecular complexity index is 942. The number of hydrogen-bond donors (Lipinski definition) is 0. The van der Waals surface area contributed by atoms with Crippen LogP contribution in [-0.4, -0.2) is 14.6 Å². The molecule has 0 unspecified atom stereocenters. The fourth-order valence-electron chi connectivity index (χ4n) is 2.37. The van der Waals surface area contributed by atoms with E-state index in [1.807, 2.05) is 19.1 Å². The molecule has 5 nitrogen and oxygen atoms in total. The maximum atomic E-state index is 9.55. The van der Waals surface area contributed by atoms with Crippen LogP contribution in [0.5, 0.6) is 0 Å². The molecular weight excluding hydrogens is 298 g/mol. The zero-order valence-corrected chi connectivity index (χ0v) is 12.5. The molecule has 0 aliphatic carbocycles. The lowest BCUT2D eigenvalue weighted by Crippen LogP contribution is -2.05. The van der Waals surface area contributed by atoms with Gasteiger partial charge in [-0.2, -0.15) is 15.6 Å². The number of benzene rings is 1. The van der Waals surface area contributed by atoms with E-state index in [0.29, 0.717) is 39.6 Å². The van der Waals surface area contributed by atoms with Gasteiger partial charge in [-0.05, 0) is 18.6 Å². The van der Waals surface area contributed by atoms with E-state index in [0.717, 1.165) is 5.56 Å². The van der Waals surface area contributed by atoms with Crippen molar-refractivity contribution in [3.63, 3.8) is 0 Å². The highest BCUT2D eigenvalue weighted by Crippen LogP contribution is 2.28. The Hall–Kier alpha value is -2.89. The molecule has 3 rings (SSSR count). The molecule has 0 atom stereocenters. The topological polar surface area (TPSA) is 77.8 Å². The van der Waals surface area contributed by atoms with Crippen LogP contribution in [0.15, 0.2) is 30.5 Å². The Kier molecular flexibility index (Phi) is 3.50. The molecule has 0 radical (unpaired) electrons. The fraction of sp³-hybridized carbons (Fsp3) is 0.125. The minimum atomic E-state index is 0.384. The van der Waals surface area contributed by atoms with Gasteiger partial charge in [-0.25, -0.2) is 9.50 Å². The molecule has 0 saturated heterocycles. The molecule has 0 saturated carbocycles. The second kappa shape index (κ2) is 5.48. The van der Waals surface area contributed by atoms with Crippen molar-refractivity contribution in [3.8, 4) is 23.4 Å². The normalized spacial score (nSPS) is 10.4. The Morgan fingerprint density at radius 1 is 1.18 bits per heavy atom. The Labute approximate surface area is 132 Å². The first kappa shape index (κ1) is 14.1. The van der Waals surface area contributed by atoms with Gasteiger partial charge in [0, 0.05) is 10.6 Å². The lowest BCUT2D eigenvalue weighted by atomic mass is 10.0. The van der Waals surface area contributed by atoms with E-state index in [2.05, 4.69) is 22.2 Å². The maximum absolute atomic E-state index is 9.55. The number of aromatic nitrogens is 3. The average molecular weight is 308 g/mol. The van der Waals surface area contributed by atoms with E-state index in [9.17, 15) is 10.5 Å². The van der Waals surface area contributed by atoms with Crippen molar-refractivity contribution < 1.29 is 0 Å². The van der Waals surface area contributed by atoms with Gasteiger partial charge in [0.15, 0.2) is 5.65 Å². The van der Waals surface area contributed by atoms with Gasteiger partial charge in [0.25, 0.3) is 0 Å². The highest BCUT2D eigenvalue weighted by Gasteiger charge is 2.18. The van der Waals surface area contributed by atoms with E-state index < -0.39 is 0 Å². The number of fused-ring (bicyclic) bond motifs is 1. The van der Waals surface area contributed by atoms with Gasteiger partial charge >= 0.3 is 0 Å². The molecule has 0 fully saturated rings. The van der Waals surface area contributed by atoms with Crippen LogP contribution in [0.1, 0.15) is 23.7 Å². The molecule has 0 spiro atoms. The minimum Gasteiger partial charge on any atom is -0.231 e. The van der Waals surface area contributed by atoms with E-state index in [1.54, 1.807) is 16.6 Å². The predicted octanol–water partition coefficient (Wildman–Crippen LogP) is 3.36. The Morgan fingerprint density at radius 3 is 2.50 bits per heavy atom. The highest BCUT2D eigenvalue weighted by atomic mass is 35.5. The van der Waals surface area contributed by atoms with Crippen molar-refractivity contribution in [2.45, 2.75) is 13.3 Å². The lowest BCUT2D eigenvalue weighted by Gasteiger charge is -2.11. The van der Waals surface area contributed by atoms with Crippen molar-refractivity contribution in [3.05, 3.63) is 52.3 Å². The number of aryl methyl sites for hydroxylation is 1. The molecular formula is C16H10ClN5. The third-order valence-electron chi connectivity index (χ3n) is 3.41. The minimum absolute atomic E-state index is 0.384. The smallest absolute Gasteiger partial charge is 0.173 e. The molecule has 2 aromatic heterocycles. The number of rotatable bonds is 2. The van der Waals surface area contributed by atoms with E-state index in [4.69, 9.17) is 11.6 Å². The number of hydrogen-bond acceptors (Lipinski definition) is 4. The van der Waals surface area contributed by atoms with Gasteiger partial charge in [-0.1, -0.05) is 30.7 Å². The molecule has 3 aromatic rings. The molecule has 1 aromatic carbocycles. The summed E-state index contributed by atoms with van der Waals surface area (Å²) in [5, 5.41) is 23.6. The van der Waals surface area contributed by atoms with Crippen LogP contribution in [-0.2, 0) is 6.42 Å². The predicted molar refractivity (Wildman–Crippen MR) is 82.2 cm³/mol. The highest BCUT2D eigenvalue weighted by molar-refractivity contribution is 6.30. The van der Waals surface area contributed by atoms with Crippen LogP contribution in [0.2, 0.25) is 5.02 Å². The standard InChI is InChI=1S/C16H10ClN5/c1-2-14-13(8-19)15(10-3-5-12(17)6-4-10)22-16(21-14)11(7-18)9-20-22/h3-6,9H,2H2,1H3. The Balaban J connectivity index is 2.45. The van der Waals surface area contributed by atoms with Gasteiger partial charge in [-0.15, -0.1) is 0 Å². The second-order valence-electron chi connectivity index (χ2n) is 4.66. The molecule has 2 heterocycles. The van der Waals surface area contributed by atoms with Crippen LogP contribution >= 0.6 is 11.6 Å². The van der Waals surface area contributed by atoms with Crippen LogP contribution in [0, 0.1) is 22.7 Å². The summed E-state index contributed by atoms with van der Waals surface area (Å²) in [4.78, 5) is 4.43. The molecule has 6 heteroatoms. The van der Waals surface area contributed by atoms with Crippen LogP contribution < -0.4 is 0 Å². The number of halogens is 1. The van der Waals surface area contributed by atoms with Gasteiger partial charge in [0.2, 0.25) is 0 Å². The zero-order chi connectivity index (χ0) is 15.7. The lowest BCUT2D eigenvalue weighted by molar-refractivity contribution is 0.913. The van der Waals surface area contributed by atoms with Crippen molar-refractivity contribution in [1.29, 1.82) is 10.5 Å². The number of nitriles is 2. The summed E-state index contributed by atoms with van der Waals surface area (Å²) >= 11 is 5.93. The van der Waals surface area contributed by atoms with E-state index in [1.165, 1.54) is 6.20 Å². The van der Waals surface area contributed by atoms with Crippen molar-refractivity contribution >= 4 is 17.2 Å².